The molecule has 0 saturated carbocycles. The van der Waals surface area contributed by atoms with Crippen molar-refractivity contribution in [2.45, 2.75) is 13.0 Å². The van der Waals surface area contributed by atoms with Crippen molar-refractivity contribution >= 4 is 5.97 Å². The van der Waals surface area contributed by atoms with Crippen LogP contribution in [0.4, 0.5) is 8.78 Å². The smallest absolute Gasteiger partial charge is 0.341 e. The third-order valence-electron chi connectivity index (χ3n) is 4.22. The summed E-state index contributed by atoms with van der Waals surface area (Å²) < 4.78 is 31.6. The predicted octanol–water partition coefficient (Wildman–Crippen LogP) is 3.64. The zero-order chi connectivity index (χ0) is 16.9. The first-order chi connectivity index (χ1) is 11.6. The zero-order valence-corrected chi connectivity index (χ0v) is 13.3. The number of benzene rings is 2. The van der Waals surface area contributed by atoms with Gasteiger partial charge in [0.25, 0.3) is 0 Å². The van der Waals surface area contributed by atoms with Gasteiger partial charge in [0.05, 0.1) is 12.2 Å². The average Bonchev–Trinajstić information content (AvgIpc) is 3.01. The molecule has 2 aromatic carbocycles. The van der Waals surface area contributed by atoms with Gasteiger partial charge in [-0.05, 0) is 30.7 Å². The second kappa shape index (κ2) is 7.53. The lowest BCUT2D eigenvalue weighted by Gasteiger charge is -2.16. The van der Waals surface area contributed by atoms with Crippen LogP contribution in [-0.2, 0) is 11.3 Å². The van der Waals surface area contributed by atoms with Crippen LogP contribution >= 0.6 is 0 Å². The summed E-state index contributed by atoms with van der Waals surface area (Å²) in [6.07, 6.45) is 0.937. The van der Waals surface area contributed by atoms with Crippen LogP contribution in [0.2, 0.25) is 0 Å². The molecule has 126 valence electrons. The van der Waals surface area contributed by atoms with E-state index in [2.05, 4.69) is 17.0 Å². The normalized spacial score (nSPS) is 17.8. The third kappa shape index (κ3) is 4.17. The van der Waals surface area contributed by atoms with Gasteiger partial charge in [0.15, 0.2) is 0 Å². The Hall–Kier alpha value is -2.27. The van der Waals surface area contributed by atoms with Gasteiger partial charge in [-0.15, -0.1) is 0 Å². The van der Waals surface area contributed by atoms with Crippen molar-refractivity contribution in [3.8, 4) is 0 Å². The number of halogens is 2. The molecule has 24 heavy (non-hydrogen) atoms. The van der Waals surface area contributed by atoms with Crippen molar-refractivity contribution in [1.82, 2.24) is 4.90 Å². The fourth-order valence-corrected chi connectivity index (χ4v) is 2.96. The number of ether oxygens (including phenoxy) is 1. The molecule has 1 saturated heterocycles. The molecule has 3 nitrogen and oxygen atoms in total. The molecule has 5 heteroatoms. The van der Waals surface area contributed by atoms with Gasteiger partial charge in [-0.3, -0.25) is 4.90 Å². The van der Waals surface area contributed by atoms with Gasteiger partial charge in [-0.2, -0.15) is 0 Å². The van der Waals surface area contributed by atoms with Crippen molar-refractivity contribution in [2.75, 3.05) is 19.7 Å². The number of esters is 1. The van der Waals surface area contributed by atoms with E-state index >= 15 is 0 Å². The van der Waals surface area contributed by atoms with Crippen molar-refractivity contribution in [2.24, 2.45) is 5.92 Å². The van der Waals surface area contributed by atoms with Crippen LogP contribution in [-0.4, -0.2) is 30.6 Å². The predicted molar refractivity (Wildman–Crippen MR) is 86.5 cm³/mol. The molecule has 0 aliphatic carbocycles. The minimum absolute atomic E-state index is 0.226. The molecular formula is C19H19F2NO2. The molecule has 1 unspecified atom stereocenters. The Bertz CT molecular complexity index is 706. The molecule has 0 spiro atoms. The number of nitrogens with zero attached hydrogens (tertiary/aromatic N) is 1. The zero-order valence-electron chi connectivity index (χ0n) is 13.3. The maximum Gasteiger partial charge on any atom is 0.341 e. The van der Waals surface area contributed by atoms with Crippen LogP contribution in [0.3, 0.4) is 0 Å². The van der Waals surface area contributed by atoms with Gasteiger partial charge in [0, 0.05) is 25.1 Å². The Morgan fingerprint density at radius 2 is 1.96 bits per heavy atom. The van der Waals surface area contributed by atoms with E-state index in [1.54, 1.807) is 0 Å². The molecule has 1 aliphatic rings. The fourth-order valence-electron chi connectivity index (χ4n) is 2.96. The molecule has 0 radical (unpaired) electrons. The molecular weight excluding hydrogens is 312 g/mol. The van der Waals surface area contributed by atoms with Crippen LogP contribution in [0.25, 0.3) is 0 Å². The van der Waals surface area contributed by atoms with Crippen LogP contribution < -0.4 is 0 Å². The first kappa shape index (κ1) is 16.6. The highest BCUT2D eigenvalue weighted by molar-refractivity contribution is 5.89. The van der Waals surface area contributed by atoms with Gasteiger partial charge < -0.3 is 4.74 Å². The summed E-state index contributed by atoms with van der Waals surface area (Å²) >= 11 is 0. The molecule has 0 bridgehead atoms. The molecule has 1 fully saturated rings. The first-order valence-electron chi connectivity index (χ1n) is 8.00. The van der Waals surface area contributed by atoms with Crippen molar-refractivity contribution in [1.29, 1.82) is 0 Å². The summed E-state index contributed by atoms with van der Waals surface area (Å²) in [4.78, 5) is 14.2. The van der Waals surface area contributed by atoms with E-state index in [1.165, 1.54) is 5.56 Å². The maximum absolute atomic E-state index is 13.6. The Labute approximate surface area is 139 Å². The minimum Gasteiger partial charge on any atom is -0.462 e. The number of rotatable bonds is 5. The Morgan fingerprint density at radius 3 is 2.71 bits per heavy atom. The third-order valence-corrected chi connectivity index (χ3v) is 4.22. The van der Waals surface area contributed by atoms with Gasteiger partial charge in [-0.25, -0.2) is 13.6 Å². The number of hydrogen-bond donors (Lipinski definition) is 0. The largest absolute Gasteiger partial charge is 0.462 e. The number of likely N-dealkylation sites (tertiary alicyclic amines) is 1. The van der Waals surface area contributed by atoms with Crippen LogP contribution in [0.15, 0.2) is 48.5 Å². The average molecular weight is 331 g/mol. The van der Waals surface area contributed by atoms with Gasteiger partial charge in [0.2, 0.25) is 0 Å². The second-order valence-electron chi connectivity index (χ2n) is 6.10. The fraction of sp³-hybridized carbons (Fsp3) is 0.316. The summed E-state index contributed by atoms with van der Waals surface area (Å²) in [5.74, 6) is -2.11. The van der Waals surface area contributed by atoms with Gasteiger partial charge in [-0.1, -0.05) is 30.3 Å². The molecule has 1 heterocycles. The summed E-state index contributed by atoms with van der Waals surface area (Å²) in [6, 6.07) is 13.1. The Balaban J connectivity index is 1.48. The van der Waals surface area contributed by atoms with Crippen LogP contribution in [0.1, 0.15) is 22.3 Å². The highest BCUT2D eigenvalue weighted by Crippen LogP contribution is 2.20. The van der Waals surface area contributed by atoms with E-state index in [4.69, 9.17) is 4.74 Å². The van der Waals surface area contributed by atoms with E-state index in [0.29, 0.717) is 6.07 Å². The Kier molecular flexibility index (Phi) is 5.20. The van der Waals surface area contributed by atoms with Gasteiger partial charge >= 0.3 is 5.97 Å². The molecule has 0 N–H and O–H groups in total. The molecule has 0 aromatic heterocycles. The molecule has 1 aliphatic heterocycles. The first-order valence-corrected chi connectivity index (χ1v) is 8.00. The van der Waals surface area contributed by atoms with Crippen molar-refractivity contribution in [3.63, 3.8) is 0 Å². The quantitative estimate of drug-likeness (QED) is 0.784. The van der Waals surface area contributed by atoms with E-state index in [1.807, 2.05) is 18.2 Å². The second-order valence-corrected chi connectivity index (χ2v) is 6.10. The van der Waals surface area contributed by atoms with Crippen LogP contribution in [0, 0.1) is 17.6 Å². The lowest BCUT2D eigenvalue weighted by Crippen LogP contribution is -2.22. The maximum atomic E-state index is 13.6. The lowest BCUT2D eigenvalue weighted by molar-refractivity contribution is 0.0437. The number of hydrogen-bond acceptors (Lipinski definition) is 3. The van der Waals surface area contributed by atoms with E-state index in [0.717, 1.165) is 38.2 Å². The highest BCUT2D eigenvalue weighted by atomic mass is 19.1. The minimum atomic E-state index is -0.892. The van der Waals surface area contributed by atoms with Crippen molar-refractivity contribution < 1.29 is 18.3 Å². The van der Waals surface area contributed by atoms with Crippen molar-refractivity contribution in [3.05, 3.63) is 71.3 Å². The SMILES string of the molecule is O=C(OCC1CCN(Cc2ccccc2)C1)c1ccc(F)cc1F. The summed E-state index contributed by atoms with van der Waals surface area (Å²) in [5, 5.41) is 0. The summed E-state index contributed by atoms with van der Waals surface area (Å²) in [5.41, 5.74) is 1.03. The molecule has 2 aromatic rings. The van der Waals surface area contributed by atoms with E-state index in [-0.39, 0.29) is 18.1 Å². The van der Waals surface area contributed by atoms with Crippen LogP contribution in [0.5, 0.6) is 0 Å². The van der Waals surface area contributed by atoms with E-state index in [9.17, 15) is 13.6 Å². The lowest BCUT2D eigenvalue weighted by atomic mass is 10.1. The highest BCUT2D eigenvalue weighted by Gasteiger charge is 2.24. The monoisotopic (exact) mass is 331 g/mol. The number of carbonyl (C=O) groups excluding carboxylic acids is 1. The van der Waals surface area contributed by atoms with E-state index < -0.39 is 17.6 Å². The molecule has 0 amide bonds. The topological polar surface area (TPSA) is 29.5 Å². The molecule has 3 rings (SSSR count). The van der Waals surface area contributed by atoms with Gasteiger partial charge in [0.1, 0.15) is 11.6 Å². The Morgan fingerprint density at radius 1 is 1.17 bits per heavy atom. The summed E-state index contributed by atoms with van der Waals surface area (Å²) in [7, 11) is 0. The standard InChI is InChI=1S/C19H19F2NO2/c20-16-6-7-17(18(21)10-16)19(23)24-13-15-8-9-22(12-15)11-14-4-2-1-3-5-14/h1-7,10,15H,8-9,11-13H2. The number of carbonyl (C=O) groups is 1. The molecule has 1 atom stereocenters. The summed E-state index contributed by atoms with van der Waals surface area (Å²) in [6.45, 7) is 2.91.